The highest BCUT2D eigenvalue weighted by Gasteiger charge is 2.13. The molecule has 0 saturated carbocycles. The third-order valence-corrected chi connectivity index (χ3v) is 6.37. The molecule has 0 aliphatic rings. The number of hydrogen-bond acceptors (Lipinski definition) is 6. The van der Waals surface area contributed by atoms with Crippen LogP contribution in [0.4, 0.5) is 5.13 Å². The van der Waals surface area contributed by atoms with Crippen LogP contribution in [0, 0.1) is 0 Å². The van der Waals surface area contributed by atoms with E-state index >= 15 is 0 Å². The van der Waals surface area contributed by atoms with Gasteiger partial charge in [0.15, 0.2) is 0 Å². The summed E-state index contributed by atoms with van der Waals surface area (Å²) in [6.07, 6.45) is 1.59. The lowest BCUT2D eigenvalue weighted by Crippen LogP contribution is -2.14. The van der Waals surface area contributed by atoms with E-state index in [9.17, 15) is 4.79 Å². The number of hydrogen-bond donors (Lipinski definition) is 1. The van der Waals surface area contributed by atoms with Gasteiger partial charge in [0.2, 0.25) is 11.0 Å². The first-order valence-corrected chi connectivity index (χ1v) is 11.2. The molecule has 0 radical (unpaired) electrons. The Morgan fingerprint density at radius 3 is 2.66 bits per heavy atom. The zero-order chi connectivity index (χ0) is 20.1. The molecule has 29 heavy (non-hydrogen) atoms. The minimum atomic E-state index is -0.102. The van der Waals surface area contributed by atoms with E-state index in [0.717, 1.165) is 39.3 Å². The number of rotatable bonds is 7. The Labute approximate surface area is 177 Å². The van der Waals surface area contributed by atoms with E-state index in [1.807, 2.05) is 43.3 Å². The van der Waals surface area contributed by atoms with Gasteiger partial charge in [-0.25, -0.2) is 4.98 Å². The molecule has 0 fully saturated rings. The van der Waals surface area contributed by atoms with Crippen molar-refractivity contribution >= 4 is 45.0 Å². The van der Waals surface area contributed by atoms with E-state index in [0.29, 0.717) is 5.13 Å². The number of nitrogens with zero attached hydrogens (tertiary/aromatic N) is 3. The first-order chi connectivity index (χ1) is 14.2. The standard InChI is InChI=1S/C22H20N4OS2/c1-2-20-25-26-22(29-20)24-19(27)14-28-21-17(12-15-8-4-3-5-9-15)13-16-10-6-7-11-18(16)23-21/h3-11,13H,2,12,14H2,1H3,(H,24,26,27). The summed E-state index contributed by atoms with van der Waals surface area (Å²) in [6, 6.07) is 20.5. The zero-order valence-corrected chi connectivity index (χ0v) is 17.6. The summed E-state index contributed by atoms with van der Waals surface area (Å²) in [4.78, 5) is 17.2. The van der Waals surface area contributed by atoms with Gasteiger partial charge in [0.1, 0.15) is 10.0 Å². The van der Waals surface area contributed by atoms with Crippen molar-refractivity contribution in [3.05, 3.63) is 76.8 Å². The van der Waals surface area contributed by atoms with E-state index in [4.69, 9.17) is 4.98 Å². The fourth-order valence-corrected chi connectivity index (χ4v) is 4.46. The van der Waals surface area contributed by atoms with Crippen molar-refractivity contribution in [1.82, 2.24) is 15.2 Å². The predicted octanol–water partition coefficient (Wildman–Crippen LogP) is 4.97. The number of aromatic nitrogens is 3. The minimum absolute atomic E-state index is 0.102. The van der Waals surface area contributed by atoms with Crippen LogP contribution in [-0.2, 0) is 17.6 Å². The Kier molecular flexibility index (Phi) is 6.17. The third-order valence-electron chi connectivity index (χ3n) is 4.36. The number of carbonyl (C=O) groups is 1. The molecule has 0 bridgehead atoms. The number of benzene rings is 2. The maximum atomic E-state index is 12.4. The minimum Gasteiger partial charge on any atom is -0.300 e. The van der Waals surface area contributed by atoms with Crippen LogP contribution >= 0.6 is 23.1 Å². The fourth-order valence-electron chi connectivity index (χ4n) is 2.95. The molecule has 0 unspecified atom stereocenters. The van der Waals surface area contributed by atoms with Crippen molar-refractivity contribution in [1.29, 1.82) is 0 Å². The normalized spacial score (nSPS) is 10.9. The van der Waals surface area contributed by atoms with Crippen molar-refractivity contribution in [2.24, 2.45) is 0 Å². The number of thioether (sulfide) groups is 1. The van der Waals surface area contributed by atoms with Crippen LogP contribution in [-0.4, -0.2) is 26.8 Å². The van der Waals surface area contributed by atoms with E-state index in [1.54, 1.807) is 0 Å². The molecule has 0 aliphatic carbocycles. The largest absolute Gasteiger partial charge is 0.300 e. The van der Waals surface area contributed by atoms with Crippen molar-refractivity contribution in [2.45, 2.75) is 24.8 Å². The maximum Gasteiger partial charge on any atom is 0.236 e. The lowest BCUT2D eigenvalue weighted by Gasteiger charge is -2.11. The number of para-hydroxylation sites is 1. The summed E-state index contributed by atoms with van der Waals surface area (Å²) in [6.45, 7) is 2.02. The Bertz CT molecular complexity index is 1130. The van der Waals surface area contributed by atoms with Gasteiger partial charge in [0, 0.05) is 11.8 Å². The predicted molar refractivity (Wildman–Crippen MR) is 120 cm³/mol. The number of carbonyl (C=O) groups excluding carboxylic acids is 1. The van der Waals surface area contributed by atoms with E-state index < -0.39 is 0 Å². The van der Waals surface area contributed by atoms with Gasteiger partial charge in [-0.1, -0.05) is 78.6 Å². The summed E-state index contributed by atoms with van der Waals surface area (Å²) in [7, 11) is 0. The Hall–Kier alpha value is -2.77. The molecule has 0 atom stereocenters. The lowest BCUT2D eigenvalue weighted by atomic mass is 10.0. The van der Waals surface area contributed by atoms with Gasteiger partial charge < -0.3 is 0 Å². The summed E-state index contributed by atoms with van der Waals surface area (Å²) in [5.74, 6) is 0.170. The fraction of sp³-hybridized carbons (Fsp3) is 0.182. The third kappa shape index (κ3) is 4.99. The van der Waals surface area contributed by atoms with Crippen molar-refractivity contribution in [3.8, 4) is 0 Å². The van der Waals surface area contributed by atoms with E-state index in [-0.39, 0.29) is 11.7 Å². The molecule has 2 aromatic carbocycles. The number of anilines is 1. The molecular formula is C22H20N4OS2. The highest BCUT2D eigenvalue weighted by Crippen LogP contribution is 2.27. The zero-order valence-electron chi connectivity index (χ0n) is 16.0. The average molecular weight is 421 g/mol. The van der Waals surface area contributed by atoms with Gasteiger partial charge in [0.25, 0.3) is 0 Å². The topological polar surface area (TPSA) is 67.8 Å². The smallest absolute Gasteiger partial charge is 0.236 e. The second-order valence-corrected chi connectivity index (χ2v) is 8.53. The Balaban J connectivity index is 1.53. The van der Waals surface area contributed by atoms with Crippen LogP contribution in [0.1, 0.15) is 23.1 Å². The van der Waals surface area contributed by atoms with Crippen LogP contribution in [0.3, 0.4) is 0 Å². The van der Waals surface area contributed by atoms with Gasteiger partial charge in [-0.05, 0) is 29.7 Å². The maximum absolute atomic E-state index is 12.4. The number of nitrogens with one attached hydrogen (secondary N) is 1. The van der Waals surface area contributed by atoms with Crippen LogP contribution in [0.5, 0.6) is 0 Å². The molecule has 7 heteroatoms. The monoisotopic (exact) mass is 420 g/mol. The summed E-state index contributed by atoms with van der Waals surface area (Å²) >= 11 is 2.86. The molecule has 0 spiro atoms. The van der Waals surface area contributed by atoms with Crippen LogP contribution < -0.4 is 5.32 Å². The second kappa shape index (κ2) is 9.15. The van der Waals surface area contributed by atoms with Crippen LogP contribution in [0.25, 0.3) is 10.9 Å². The molecular weight excluding hydrogens is 400 g/mol. The highest BCUT2D eigenvalue weighted by atomic mass is 32.2. The van der Waals surface area contributed by atoms with Gasteiger partial charge in [-0.3, -0.25) is 10.1 Å². The Morgan fingerprint density at radius 2 is 1.86 bits per heavy atom. The van der Waals surface area contributed by atoms with Crippen molar-refractivity contribution in [2.75, 3.05) is 11.1 Å². The van der Waals surface area contributed by atoms with Gasteiger partial charge in [0.05, 0.1) is 11.3 Å². The summed E-state index contributed by atoms with van der Waals surface area (Å²) in [5, 5.41) is 14.3. The SMILES string of the molecule is CCc1nnc(NC(=O)CSc2nc3ccccc3cc2Cc2ccccc2)s1. The molecule has 1 N–H and O–H groups in total. The molecule has 2 aromatic heterocycles. The number of pyridine rings is 1. The highest BCUT2D eigenvalue weighted by molar-refractivity contribution is 8.00. The number of amides is 1. The lowest BCUT2D eigenvalue weighted by molar-refractivity contribution is -0.113. The van der Waals surface area contributed by atoms with Crippen LogP contribution in [0.15, 0.2) is 65.7 Å². The van der Waals surface area contributed by atoms with Gasteiger partial charge in [-0.2, -0.15) is 0 Å². The first kappa shape index (κ1) is 19.5. The molecule has 4 aromatic rings. The second-order valence-electron chi connectivity index (χ2n) is 6.50. The number of fused-ring (bicyclic) bond motifs is 1. The van der Waals surface area contributed by atoms with Gasteiger partial charge >= 0.3 is 0 Å². The molecule has 1 amide bonds. The van der Waals surface area contributed by atoms with Crippen molar-refractivity contribution < 1.29 is 4.79 Å². The van der Waals surface area contributed by atoms with Gasteiger partial charge in [-0.15, -0.1) is 10.2 Å². The Morgan fingerprint density at radius 1 is 1.07 bits per heavy atom. The quantitative estimate of drug-likeness (QED) is 0.428. The van der Waals surface area contributed by atoms with E-state index in [1.165, 1.54) is 28.7 Å². The molecule has 2 heterocycles. The summed E-state index contributed by atoms with van der Waals surface area (Å²) < 4.78 is 0. The molecule has 4 rings (SSSR count). The molecule has 0 aliphatic heterocycles. The summed E-state index contributed by atoms with van der Waals surface area (Å²) in [5.41, 5.74) is 3.28. The molecule has 146 valence electrons. The van der Waals surface area contributed by atoms with E-state index in [2.05, 4.69) is 39.8 Å². The van der Waals surface area contributed by atoms with Crippen molar-refractivity contribution in [3.63, 3.8) is 0 Å². The average Bonchev–Trinajstić information content (AvgIpc) is 3.20. The van der Waals surface area contributed by atoms with Crippen LogP contribution in [0.2, 0.25) is 0 Å². The molecule has 0 saturated heterocycles. The first-order valence-electron chi connectivity index (χ1n) is 9.39. The number of aryl methyl sites for hydroxylation is 1. The molecule has 5 nitrogen and oxygen atoms in total.